The Hall–Kier alpha value is -1.30. The first-order valence-electron chi connectivity index (χ1n) is 6.05. The van der Waals surface area contributed by atoms with E-state index >= 15 is 0 Å². The normalized spacial score (nSPS) is 23.6. The summed E-state index contributed by atoms with van der Waals surface area (Å²) in [4.78, 5) is 11.1. The molecule has 1 fully saturated rings. The summed E-state index contributed by atoms with van der Waals surface area (Å²) in [6, 6.07) is 1.79. The molecule has 2 N–H and O–H groups in total. The maximum absolute atomic E-state index is 11.1. The summed E-state index contributed by atoms with van der Waals surface area (Å²) >= 11 is 1.91. The van der Waals surface area contributed by atoms with Gasteiger partial charge in [0, 0.05) is 11.3 Å². The minimum Gasteiger partial charge on any atom is -0.478 e. The van der Waals surface area contributed by atoms with E-state index in [1.54, 1.807) is 0 Å². The molecule has 5 nitrogen and oxygen atoms in total. The number of rotatable bonds is 4. The zero-order chi connectivity index (χ0) is 13.0. The van der Waals surface area contributed by atoms with Crippen LogP contribution >= 0.6 is 11.8 Å². The van der Waals surface area contributed by atoms with Crippen molar-refractivity contribution < 1.29 is 9.90 Å². The molecule has 0 atom stereocenters. The van der Waals surface area contributed by atoms with Gasteiger partial charge in [0.1, 0.15) is 5.56 Å². The zero-order valence-electron chi connectivity index (χ0n) is 10.3. The second-order valence-corrected chi connectivity index (χ2v) is 5.59. The summed E-state index contributed by atoms with van der Waals surface area (Å²) < 4.78 is 0. The third-order valence-electron chi connectivity index (χ3n) is 3.30. The molecular weight excluding hydrogens is 250 g/mol. The standard InChI is InChI=1S/C12H17N3O2S/c1-18-9-4-2-8(3-5-9)14-11-10(12(16)17)6-7-13-15-11/h6-9H,2-5H2,1H3,(H,14,15)(H,16,17). The van der Waals surface area contributed by atoms with Crippen molar-refractivity contribution in [3.8, 4) is 0 Å². The van der Waals surface area contributed by atoms with Crippen LogP contribution in [0.25, 0.3) is 0 Å². The fraction of sp³-hybridized carbons (Fsp3) is 0.583. The molecule has 6 heteroatoms. The minimum atomic E-state index is -0.967. The number of carboxylic acid groups (broad SMARTS) is 1. The first-order valence-corrected chi connectivity index (χ1v) is 7.34. The van der Waals surface area contributed by atoms with E-state index in [0.717, 1.165) is 18.1 Å². The van der Waals surface area contributed by atoms with Crippen LogP contribution in [-0.2, 0) is 0 Å². The van der Waals surface area contributed by atoms with Gasteiger partial charge in [-0.15, -0.1) is 5.10 Å². The van der Waals surface area contributed by atoms with Gasteiger partial charge in [-0.2, -0.15) is 16.9 Å². The van der Waals surface area contributed by atoms with Crippen molar-refractivity contribution in [2.24, 2.45) is 0 Å². The Labute approximate surface area is 110 Å². The van der Waals surface area contributed by atoms with Gasteiger partial charge in [-0.3, -0.25) is 0 Å². The smallest absolute Gasteiger partial charge is 0.339 e. The lowest BCUT2D eigenvalue weighted by Gasteiger charge is -2.28. The maximum Gasteiger partial charge on any atom is 0.339 e. The lowest BCUT2D eigenvalue weighted by atomic mass is 9.95. The molecule has 0 aliphatic heterocycles. The maximum atomic E-state index is 11.1. The van der Waals surface area contributed by atoms with E-state index < -0.39 is 5.97 Å². The van der Waals surface area contributed by atoms with Gasteiger partial charge in [0.2, 0.25) is 0 Å². The molecule has 0 aromatic carbocycles. The van der Waals surface area contributed by atoms with E-state index in [1.165, 1.54) is 25.1 Å². The molecule has 18 heavy (non-hydrogen) atoms. The van der Waals surface area contributed by atoms with Gasteiger partial charge in [-0.25, -0.2) is 4.79 Å². The molecule has 0 amide bonds. The van der Waals surface area contributed by atoms with Gasteiger partial charge in [0.05, 0.1) is 6.20 Å². The highest BCUT2D eigenvalue weighted by Gasteiger charge is 2.22. The highest BCUT2D eigenvalue weighted by atomic mass is 32.2. The molecule has 0 bridgehead atoms. The zero-order valence-corrected chi connectivity index (χ0v) is 11.1. The van der Waals surface area contributed by atoms with Crippen LogP contribution in [0.3, 0.4) is 0 Å². The predicted molar refractivity (Wildman–Crippen MR) is 72.2 cm³/mol. The molecule has 1 aliphatic carbocycles. The van der Waals surface area contributed by atoms with Crippen molar-refractivity contribution in [3.05, 3.63) is 17.8 Å². The molecule has 1 aliphatic rings. The summed E-state index contributed by atoms with van der Waals surface area (Å²) in [5, 5.41) is 20.6. The van der Waals surface area contributed by atoms with E-state index in [0.29, 0.717) is 11.9 Å². The first-order chi connectivity index (χ1) is 8.70. The lowest BCUT2D eigenvalue weighted by Crippen LogP contribution is -2.28. The average Bonchev–Trinajstić information content (AvgIpc) is 2.40. The summed E-state index contributed by atoms with van der Waals surface area (Å²) in [6.07, 6.45) is 7.99. The lowest BCUT2D eigenvalue weighted by molar-refractivity contribution is 0.0697. The number of aromatic carboxylic acids is 1. The van der Waals surface area contributed by atoms with Crippen LogP contribution in [0, 0.1) is 0 Å². The monoisotopic (exact) mass is 267 g/mol. The molecule has 1 aromatic rings. The Kier molecular flexibility index (Phi) is 4.41. The van der Waals surface area contributed by atoms with Gasteiger partial charge in [-0.05, 0) is 38.0 Å². The van der Waals surface area contributed by atoms with Gasteiger partial charge < -0.3 is 10.4 Å². The third kappa shape index (κ3) is 3.13. The predicted octanol–water partition coefficient (Wildman–Crippen LogP) is 2.26. The van der Waals surface area contributed by atoms with Crippen LogP contribution in [0.1, 0.15) is 36.0 Å². The number of hydrogen-bond acceptors (Lipinski definition) is 5. The highest BCUT2D eigenvalue weighted by Crippen LogP contribution is 2.28. The van der Waals surface area contributed by atoms with Gasteiger partial charge in [0.25, 0.3) is 0 Å². The Morgan fingerprint density at radius 2 is 2.17 bits per heavy atom. The van der Waals surface area contributed by atoms with E-state index in [1.807, 2.05) is 11.8 Å². The Bertz CT molecular complexity index is 420. The number of nitrogens with zero attached hydrogens (tertiary/aromatic N) is 2. The molecule has 1 saturated carbocycles. The molecule has 0 saturated heterocycles. The fourth-order valence-electron chi connectivity index (χ4n) is 2.25. The number of carboxylic acids is 1. The summed E-state index contributed by atoms with van der Waals surface area (Å²) in [6.45, 7) is 0. The van der Waals surface area contributed by atoms with Crippen molar-refractivity contribution in [2.75, 3.05) is 11.6 Å². The molecule has 1 heterocycles. The number of hydrogen-bond donors (Lipinski definition) is 2. The van der Waals surface area contributed by atoms with Crippen LogP contribution < -0.4 is 5.32 Å². The highest BCUT2D eigenvalue weighted by molar-refractivity contribution is 7.99. The summed E-state index contributed by atoms with van der Waals surface area (Å²) in [5.41, 5.74) is 0.192. The molecule has 1 aromatic heterocycles. The molecular formula is C12H17N3O2S. The van der Waals surface area contributed by atoms with Crippen molar-refractivity contribution in [1.29, 1.82) is 0 Å². The Morgan fingerprint density at radius 3 is 2.78 bits per heavy atom. The average molecular weight is 267 g/mol. The van der Waals surface area contributed by atoms with Crippen LogP contribution in [0.5, 0.6) is 0 Å². The molecule has 0 unspecified atom stereocenters. The largest absolute Gasteiger partial charge is 0.478 e. The van der Waals surface area contributed by atoms with E-state index in [2.05, 4.69) is 21.8 Å². The van der Waals surface area contributed by atoms with Crippen molar-refractivity contribution in [1.82, 2.24) is 10.2 Å². The second-order valence-electron chi connectivity index (χ2n) is 4.45. The summed E-state index contributed by atoms with van der Waals surface area (Å²) in [7, 11) is 0. The van der Waals surface area contributed by atoms with Gasteiger partial charge in [-0.1, -0.05) is 0 Å². The molecule has 2 rings (SSSR count). The number of thioether (sulfide) groups is 1. The SMILES string of the molecule is CSC1CCC(Nc2nnccc2C(=O)O)CC1. The van der Waals surface area contributed by atoms with Crippen molar-refractivity contribution >= 4 is 23.5 Å². The van der Waals surface area contributed by atoms with Gasteiger partial charge >= 0.3 is 5.97 Å². The fourth-order valence-corrected chi connectivity index (χ4v) is 2.99. The van der Waals surface area contributed by atoms with Crippen molar-refractivity contribution in [3.63, 3.8) is 0 Å². The molecule has 98 valence electrons. The quantitative estimate of drug-likeness (QED) is 0.871. The molecule has 0 spiro atoms. The Balaban J connectivity index is 2.00. The van der Waals surface area contributed by atoms with E-state index in [-0.39, 0.29) is 5.56 Å². The number of nitrogens with one attached hydrogen (secondary N) is 1. The topological polar surface area (TPSA) is 75.1 Å². The minimum absolute atomic E-state index is 0.192. The van der Waals surface area contributed by atoms with Crippen LogP contribution in [0.15, 0.2) is 12.3 Å². The number of aromatic nitrogens is 2. The number of carbonyl (C=O) groups is 1. The van der Waals surface area contributed by atoms with Gasteiger partial charge in [0.15, 0.2) is 5.82 Å². The third-order valence-corrected chi connectivity index (χ3v) is 4.44. The first kappa shape index (κ1) is 13.1. The van der Waals surface area contributed by atoms with Crippen LogP contribution in [0.2, 0.25) is 0 Å². The van der Waals surface area contributed by atoms with Crippen molar-refractivity contribution in [2.45, 2.75) is 37.0 Å². The molecule has 0 radical (unpaired) electrons. The van der Waals surface area contributed by atoms with E-state index in [4.69, 9.17) is 5.11 Å². The number of anilines is 1. The van der Waals surface area contributed by atoms with Crippen LogP contribution in [-0.4, -0.2) is 38.8 Å². The van der Waals surface area contributed by atoms with E-state index in [9.17, 15) is 4.79 Å². The second kappa shape index (κ2) is 6.04. The summed E-state index contributed by atoms with van der Waals surface area (Å²) in [5.74, 6) is -0.581. The Morgan fingerprint density at radius 1 is 1.44 bits per heavy atom. The van der Waals surface area contributed by atoms with Crippen LogP contribution in [0.4, 0.5) is 5.82 Å².